The number of urea groups is 1. The van der Waals surface area contributed by atoms with Crippen LogP contribution >= 0.6 is 0 Å². The van der Waals surface area contributed by atoms with Gasteiger partial charge < -0.3 is 9.64 Å². The third-order valence-corrected chi connectivity index (χ3v) is 7.08. The molecule has 0 N–H and O–H groups in total. The van der Waals surface area contributed by atoms with Crippen LogP contribution < -0.4 is 4.74 Å². The Morgan fingerprint density at radius 1 is 0.857 bits per heavy atom. The predicted octanol–water partition coefficient (Wildman–Crippen LogP) is 4.09. The first-order valence-corrected chi connectivity index (χ1v) is 12.0. The van der Waals surface area contributed by atoms with E-state index in [1.54, 1.807) is 18.2 Å². The molecule has 180 valence electrons. The number of hydrogen-bond donors (Lipinski definition) is 0. The lowest BCUT2D eigenvalue weighted by atomic mass is 9.85. The molecule has 3 amide bonds. The molecule has 5 rings (SSSR count). The monoisotopic (exact) mass is 470 g/mol. The summed E-state index contributed by atoms with van der Waals surface area (Å²) in [5.41, 5.74) is 2.08. The Kier molecular flexibility index (Phi) is 6.51. The Labute approximate surface area is 205 Å². The molecule has 1 spiro atoms. The van der Waals surface area contributed by atoms with Crippen molar-refractivity contribution in [3.05, 3.63) is 95.8 Å². The number of carbonyl (C=O) groups excluding carboxylic acids is 2. The second-order valence-electron chi connectivity index (χ2n) is 9.23. The van der Waals surface area contributed by atoms with Crippen molar-refractivity contribution in [2.75, 3.05) is 20.2 Å². The maximum Gasteiger partial charge on any atom is 0.328 e. The van der Waals surface area contributed by atoms with Gasteiger partial charge in [0, 0.05) is 32.4 Å². The van der Waals surface area contributed by atoms with Crippen molar-refractivity contribution in [1.82, 2.24) is 19.7 Å². The van der Waals surface area contributed by atoms with Gasteiger partial charge in [0.15, 0.2) is 0 Å². The van der Waals surface area contributed by atoms with E-state index in [0.717, 1.165) is 30.9 Å². The number of pyridine rings is 1. The van der Waals surface area contributed by atoms with Gasteiger partial charge in [0.25, 0.3) is 5.91 Å². The van der Waals surface area contributed by atoms with Crippen LogP contribution in [0.2, 0.25) is 0 Å². The highest BCUT2D eigenvalue weighted by molar-refractivity contribution is 6.07. The summed E-state index contributed by atoms with van der Waals surface area (Å²) in [5, 5.41) is 0. The van der Waals surface area contributed by atoms with E-state index in [1.807, 2.05) is 66.7 Å². The molecule has 0 radical (unpaired) electrons. The summed E-state index contributed by atoms with van der Waals surface area (Å²) in [5.74, 6) is 0.733. The summed E-state index contributed by atoms with van der Waals surface area (Å²) in [6.07, 6.45) is 2.90. The van der Waals surface area contributed by atoms with Gasteiger partial charge in [0.1, 0.15) is 11.3 Å². The van der Waals surface area contributed by atoms with Crippen LogP contribution in [0.4, 0.5) is 4.79 Å². The molecule has 35 heavy (non-hydrogen) atoms. The number of ether oxygens (including phenoxy) is 1. The molecule has 2 aromatic carbocycles. The van der Waals surface area contributed by atoms with Gasteiger partial charge >= 0.3 is 6.03 Å². The van der Waals surface area contributed by atoms with Gasteiger partial charge in [-0.2, -0.15) is 0 Å². The fourth-order valence-electron chi connectivity index (χ4n) is 5.15. The minimum absolute atomic E-state index is 0.106. The van der Waals surface area contributed by atoms with Crippen molar-refractivity contribution in [3.63, 3.8) is 0 Å². The predicted molar refractivity (Wildman–Crippen MR) is 132 cm³/mol. The van der Waals surface area contributed by atoms with Crippen LogP contribution in [-0.4, -0.2) is 57.4 Å². The summed E-state index contributed by atoms with van der Waals surface area (Å²) in [6.45, 7) is 2.86. The maximum absolute atomic E-state index is 13.8. The van der Waals surface area contributed by atoms with Crippen molar-refractivity contribution < 1.29 is 14.3 Å². The molecule has 2 fully saturated rings. The molecular weight excluding hydrogens is 440 g/mol. The number of piperidine rings is 1. The second kappa shape index (κ2) is 9.88. The second-order valence-corrected chi connectivity index (χ2v) is 9.23. The molecule has 2 saturated heterocycles. The average Bonchev–Trinajstić information content (AvgIpc) is 3.08. The van der Waals surface area contributed by atoms with E-state index in [4.69, 9.17) is 4.74 Å². The Hall–Kier alpha value is -3.71. The number of benzene rings is 2. The number of hydrogen-bond acceptors (Lipinski definition) is 5. The minimum Gasteiger partial charge on any atom is -0.497 e. The van der Waals surface area contributed by atoms with Crippen LogP contribution in [0.5, 0.6) is 5.75 Å². The molecule has 0 saturated carbocycles. The van der Waals surface area contributed by atoms with Crippen LogP contribution in [0.1, 0.15) is 29.7 Å². The lowest BCUT2D eigenvalue weighted by Crippen LogP contribution is -2.56. The van der Waals surface area contributed by atoms with Crippen LogP contribution in [0, 0.1) is 0 Å². The number of likely N-dealkylation sites (tertiary alicyclic amines) is 1. The van der Waals surface area contributed by atoms with Crippen molar-refractivity contribution in [2.24, 2.45) is 0 Å². The van der Waals surface area contributed by atoms with E-state index in [-0.39, 0.29) is 18.5 Å². The zero-order chi connectivity index (χ0) is 24.3. The first kappa shape index (κ1) is 23.1. The van der Waals surface area contributed by atoms with Gasteiger partial charge in [-0.3, -0.25) is 19.6 Å². The molecule has 3 heterocycles. The third-order valence-electron chi connectivity index (χ3n) is 7.08. The number of methoxy groups -OCH3 is 1. The Morgan fingerprint density at radius 2 is 1.60 bits per heavy atom. The smallest absolute Gasteiger partial charge is 0.328 e. The molecule has 0 unspecified atom stereocenters. The van der Waals surface area contributed by atoms with Gasteiger partial charge in [-0.1, -0.05) is 48.5 Å². The van der Waals surface area contributed by atoms with Gasteiger partial charge in [-0.05, 0) is 48.2 Å². The van der Waals surface area contributed by atoms with Crippen LogP contribution in [0.15, 0.2) is 79.0 Å². The van der Waals surface area contributed by atoms with Crippen molar-refractivity contribution in [1.29, 1.82) is 0 Å². The zero-order valence-corrected chi connectivity index (χ0v) is 20.0. The van der Waals surface area contributed by atoms with E-state index in [2.05, 4.69) is 16.0 Å². The van der Waals surface area contributed by atoms with Gasteiger partial charge in [-0.25, -0.2) is 4.79 Å². The van der Waals surface area contributed by atoms with E-state index in [0.29, 0.717) is 25.1 Å². The number of aromatic nitrogens is 1. The third kappa shape index (κ3) is 4.64. The Morgan fingerprint density at radius 3 is 2.31 bits per heavy atom. The van der Waals surface area contributed by atoms with Crippen molar-refractivity contribution in [3.8, 4) is 5.75 Å². The zero-order valence-electron chi connectivity index (χ0n) is 20.0. The summed E-state index contributed by atoms with van der Waals surface area (Å²) in [6, 6.07) is 23.3. The normalized spacial score (nSPS) is 17.9. The Bertz CT molecular complexity index is 1180. The summed E-state index contributed by atoms with van der Waals surface area (Å²) >= 11 is 0. The summed E-state index contributed by atoms with van der Waals surface area (Å²) in [7, 11) is 1.67. The average molecular weight is 471 g/mol. The lowest BCUT2D eigenvalue weighted by Gasteiger charge is -2.42. The standard InChI is InChI=1S/C28H30N4O3/c1-35-25-12-7-10-23(18-25)19-30-16-13-28(14-17-30)26(33)31(21-24-11-5-6-15-29-24)27(34)32(28)20-22-8-3-2-4-9-22/h2-12,15,18H,13-14,16-17,19-21H2,1H3. The number of nitrogens with zero attached hydrogens (tertiary/aromatic N) is 4. The van der Waals surface area contributed by atoms with E-state index >= 15 is 0 Å². The molecular formula is C28H30N4O3. The molecule has 2 aliphatic rings. The maximum atomic E-state index is 13.8. The number of amides is 3. The quantitative estimate of drug-likeness (QED) is 0.487. The lowest BCUT2D eigenvalue weighted by molar-refractivity contribution is -0.136. The number of imide groups is 1. The fourth-order valence-corrected chi connectivity index (χ4v) is 5.15. The summed E-state index contributed by atoms with van der Waals surface area (Å²) in [4.78, 5) is 37.3. The Balaban J connectivity index is 1.37. The van der Waals surface area contributed by atoms with Gasteiger partial charge in [0.05, 0.1) is 19.3 Å². The number of carbonyl (C=O) groups is 2. The minimum atomic E-state index is -0.827. The molecule has 0 bridgehead atoms. The van der Waals surface area contributed by atoms with Crippen molar-refractivity contribution >= 4 is 11.9 Å². The van der Waals surface area contributed by atoms with Crippen LogP contribution in [0.3, 0.4) is 0 Å². The topological polar surface area (TPSA) is 66.0 Å². The first-order chi connectivity index (χ1) is 17.1. The van der Waals surface area contributed by atoms with Crippen molar-refractivity contribution in [2.45, 2.75) is 38.0 Å². The van der Waals surface area contributed by atoms with E-state index in [9.17, 15) is 9.59 Å². The van der Waals surface area contributed by atoms with E-state index < -0.39 is 5.54 Å². The molecule has 2 aliphatic heterocycles. The molecule has 3 aromatic rings. The highest BCUT2D eigenvalue weighted by Crippen LogP contribution is 2.39. The molecule has 7 nitrogen and oxygen atoms in total. The number of rotatable bonds is 7. The highest BCUT2D eigenvalue weighted by Gasteiger charge is 2.57. The van der Waals surface area contributed by atoms with Crippen LogP contribution in [-0.2, 0) is 24.4 Å². The molecule has 0 atom stereocenters. The molecule has 0 aliphatic carbocycles. The summed E-state index contributed by atoms with van der Waals surface area (Å²) < 4.78 is 5.36. The fraction of sp³-hybridized carbons (Fsp3) is 0.321. The highest BCUT2D eigenvalue weighted by atomic mass is 16.5. The van der Waals surface area contributed by atoms with E-state index in [1.165, 1.54) is 10.5 Å². The van der Waals surface area contributed by atoms with Gasteiger partial charge in [-0.15, -0.1) is 0 Å². The van der Waals surface area contributed by atoms with Gasteiger partial charge in [0.2, 0.25) is 0 Å². The molecule has 7 heteroatoms. The van der Waals surface area contributed by atoms with Crippen LogP contribution in [0.25, 0.3) is 0 Å². The SMILES string of the molecule is COc1cccc(CN2CCC3(CC2)C(=O)N(Cc2ccccn2)C(=O)N3Cc2ccccc2)c1. The molecule has 1 aromatic heterocycles. The largest absolute Gasteiger partial charge is 0.497 e. The first-order valence-electron chi connectivity index (χ1n) is 12.0.